The van der Waals surface area contributed by atoms with E-state index < -0.39 is 23.2 Å². The summed E-state index contributed by atoms with van der Waals surface area (Å²) in [4.78, 5) is 11.9. The zero-order valence-corrected chi connectivity index (χ0v) is 20.2. The van der Waals surface area contributed by atoms with Crippen molar-refractivity contribution < 1.29 is 24.9 Å². The van der Waals surface area contributed by atoms with Crippen molar-refractivity contribution in [2.75, 3.05) is 6.61 Å². The van der Waals surface area contributed by atoms with E-state index in [-0.39, 0.29) is 5.56 Å². The van der Waals surface area contributed by atoms with E-state index in [4.69, 9.17) is 4.74 Å². The van der Waals surface area contributed by atoms with E-state index in [2.05, 4.69) is 6.92 Å². The Bertz CT molecular complexity index is 591. The first-order valence-electron chi connectivity index (χ1n) is 13.0. The van der Waals surface area contributed by atoms with Crippen LogP contribution in [-0.4, -0.2) is 27.9 Å². The van der Waals surface area contributed by atoms with Gasteiger partial charge in [-0.25, -0.2) is 4.79 Å². The van der Waals surface area contributed by atoms with E-state index in [1.54, 1.807) is 0 Å². The molecule has 0 amide bonds. The molecule has 0 fully saturated rings. The van der Waals surface area contributed by atoms with Crippen LogP contribution in [0.5, 0.6) is 17.2 Å². The number of unbranched alkanes of at least 4 members (excludes halogenated alkanes) is 17. The van der Waals surface area contributed by atoms with Crippen LogP contribution in [0.1, 0.15) is 133 Å². The lowest BCUT2D eigenvalue weighted by Gasteiger charge is -2.07. The summed E-state index contributed by atoms with van der Waals surface area (Å²) in [7, 11) is 0. The van der Waals surface area contributed by atoms with E-state index in [0.29, 0.717) is 6.61 Å². The highest BCUT2D eigenvalue weighted by molar-refractivity contribution is 5.91. The standard InChI is InChI=1S/C27H46O5/c1-2-3-4-5-6-7-8-9-10-11-12-13-14-15-16-17-18-19-20-32-27(31)23-21-24(28)26(30)25(29)22-23/h21-22,28-30H,2-20H2,1H3. The molecule has 0 spiro atoms. The lowest BCUT2D eigenvalue weighted by Crippen LogP contribution is -2.06. The number of phenolic OH excluding ortho intramolecular Hbond substituents is 3. The summed E-state index contributed by atoms with van der Waals surface area (Å²) in [6.07, 6.45) is 23.6. The van der Waals surface area contributed by atoms with Crippen molar-refractivity contribution >= 4 is 5.97 Å². The molecular formula is C27H46O5. The molecule has 32 heavy (non-hydrogen) atoms. The summed E-state index contributed by atoms with van der Waals surface area (Å²) in [5.74, 6) is -2.32. The second kappa shape index (κ2) is 18.6. The summed E-state index contributed by atoms with van der Waals surface area (Å²) in [5.41, 5.74) is 0.0280. The Kier molecular flexibility index (Phi) is 16.4. The van der Waals surface area contributed by atoms with Crippen LogP contribution in [0.2, 0.25) is 0 Å². The number of carbonyl (C=O) groups is 1. The first-order chi connectivity index (χ1) is 15.6. The average Bonchev–Trinajstić information content (AvgIpc) is 2.78. The van der Waals surface area contributed by atoms with Gasteiger partial charge in [0.2, 0.25) is 0 Å². The third-order valence-electron chi connectivity index (χ3n) is 6.04. The maximum absolute atomic E-state index is 11.9. The molecule has 1 aromatic carbocycles. The molecule has 0 aliphatic rings. The Labute approximate surface area is 195 Å². The number of phenols is 3. The molecule has 1 rings (SSSR count). The lowest BCUT2D eigenvalue weighted by molar-refractivity contribution is 0.0496. The van der Waals surface area contributed by atoms with E-state index in [1.807, 2.05) is 0 Å². The zero-order chi connectivity index (χ0) is 23.4. The highest BCUT2D eigenvalue weighted by atomic mass is 16.5. The number of hydrogen-bond acceptors (Lipinski definition) is 5. The molecule has 184 valence electrons. The molecule has 1 aromatic rings. The topological polar surface area (TPSA) is 87.0 Å². The van der Waals surface area contributed by atoms with E-state index in [0.717, 1.165) is 31.4 Å². The minimum absolute atomic E-state index is 0.0280. The Morgan fingerprint density at radius 1 is 0.625 bits per heavy atom. The normalized spacial score (nSPS) is 11.0. The van der Waals surface area contributed by atoms with Crippen LogP contribution in [0, 0.1) is 0 Å². The number of rotatable bonds is 20. The van der Waals surface area contributed by atoms with Gasteiger partial charge in [-0.2, -0.15) is 0 Å². The molecule has 0 aromatic heterocycles. The Balaban J connectivity index is 1.84. The fraction of sp³-hybridized carbons (Fsp3) is 0.741. The summed E-state index contributed by atoms with van der Waals surface area (Å²) in [5, 5.41) is 28.2. The molecule has 0 unspecified atom stereocenters. The second-order valence-corrected chi connectivity index (χ2v) is 9.01. The van der Waals surface area contributed by atoms with Gasteiger partial charge in [0.25, 0.3) is 0 Å². The van der Waals surface area contributed by atoms with Gasteiger partial charge in [-0.05, 0) is 18.6 Å². The fourth-order valence-electron chi connectivity index (χ4n) is 3.97. The smallest absolute Gasteiger partial charge is 0.338 e. The van der Waals surface area contributed by atoms with Gasteiger partial charge in [-0.1, -0.05) is 116 Å². The van der Waals surface area contributed by atoms with Crippen LogP contribution in [0.3, 0.4) is 0 Å². The molecule has 0 aliphatic carbocycles. The number of carbonyl (C=O) groups excluding carboxylic acids is 1. The Morgan fingerprint density at radius 3 is 1.34 bits per heavy atom. The predicted molar refractivity (Wildman–Crippen MR) is 130 cm³/mol. The quantitative estimate of drug-likeness (QED) is 0.106. The van der Waals surface area contributed by atoms with Crippen molar-refractivity contribution in [3.8, 4) is 17.2 Å². The van der Waals surface area contributed by atoms with E-state index in [1.165, 1.54) is 96.3 Å². The van der Waals surface area contributed by atoms with Crippen LogP contribution in [0.4, 0.5) is 0 Å². The molecule has 0 saturated carbocycles. The van der Waals surface area contributed by atoms with Gasteiger partial charge in [0.15, 0.2) is 17.2 Å². The van der Waals surface area contributed by atoms with Gasteiger partial charge in [-0.15, -0.1) is 0 Å². The molecule has 0 heterocycles. The number of aromatic hydroxyl groups is 3. The number of hydrogen-bond donors (Lipinski definition) is 3. The number of ether oxygens (including phenoxy) is 1. The predicted octanol–water partition coefficient (Wildman–Crippen LogP) is 8.00. The molecule has 3 N–H and O–H groups in total. The molecule has 0 bridgehead atoms. The van der Waals surface area contributed by atoms with Crippen molar-refractivity contribution in [1.29, 1.82) is 0 Å². The Hall–Kier alpha value is -1.91. The minimum Gasteiger partial charge on any atom is -0.504 e. The van der Waals surface area contributed by atoms with Crippen molar-refractivity contribution in [2.24, 2.45) is 0 Å². The molecule has 0 saturated heterocycles. The summed E-state index contributed by atoms with van der Waals surface area (Å²) >= 11 is 0. The van der Waals surface area contributed by atoms with Gasteiger partial charge in [0.1, 0.15) is 0 Å². The van der Waals surface area contributed by atoms with Crippen molar-refractivity contribution in [3.05, 3.63) is 17.7 Å². The lowest BCUT2D eigenvalue weighted by atomic mass is 10.0. The SMILES string of the molecule is CCCCCCCCCCCCCCCCCCCCOC(=O)c1cc(O)c(O)c(O)c1. The maximum atomic E-state index is 11.9. The molecule has 0 atom stereocenters. The summed E-state index contributed by atoms with van der Waals surface area (Å²) < 4.78 is 5.16. The monoisotopic (exact) mass is 450 g/mol. The van der Waals surface area contributed by atoms with E-state index >= 15 is 0 Å². The highest BCUT2D eigenvalue weighted by Gasteiger charge is 2.14. The van der Waals surface area contributed by atoms with Crippen LogP contribution in [-0.2, 0) is 4.74 Å². The number of benzene rings is 1. The fourth-order valence-corrected chi connectivity index (χ4v) is 3.97. The summed E-state index contributed by atoms with van der Waals surface area (Å²) in [6.45, 7) is 2.59. The average molecular weight is 451 g/mol. The zero-order valence-electron chi connectivity index (χ0n) is 20.2. The molecule has 0 radical (unpaired) electrons. The van der Waals surface area contributed by atoms with Crippen LogP contribution >= 0.6 is 0 Å². The van der Waals surface area contributed by atoms with Gasteiger partial charge in [0, 0.05) is 0 Å². The Morgan fingerprint density at radius 2 is 0.969 bits per heavy atom. The molecule has 0 aliphatic heterocycles. The third kappa shape index (κ3) is 13.5. The van der Waals surface area contributed by atoms with Gasteiger partial charge >= 0.3 is 5.97 Å². The third-order valence-corrected chi connectivity index (χ3v) is 6.04. The molecule has 5 nitrogen and oxygen atoms in total. The minimum atomic E-state index is -0.634. The van der Waals surface area contributed by atoms with Crippen molar-refractivity contribution in [3.63, 3.8) is 0 Å². The first-order valence-corrected chi connectivity index (χ1v) is 13.0. The first kappa shape index (κ1) is 28.1. The van der Waals surface area contributed by atoms with Gasteiger partial charge in [-0.3, -0.25) is 0 Å². The second-order valence-electron chi connectivity index (χ2n) is 9.01. The molecule has 5 heteroatoms. The maximum Gasteiger partial charge on any atom is 0.338 e. The van der Waals surface area contributed by atoms with Crippen LogP contribution in [0.25, 0.3) is 0 Å². The molecular weight excluding hydrogens is 404 g/mol. The summed E-state index contributed by atoms with van der Waals surface area (Å²) in [6, 6.07) is 2.18. The van der Waals surface area contributed by atoms with Gasteiger partial charge < -0.3 is 20.1 Å². The van der Waals surface area contributed by atoms with Crippen molar-refractivity contribution in [1.82, 2.24) is 0 Å². The van der Waals surface area contributed by atoms with Gasteiger partial charge in [0.05, 0.1) is 12.2 Å². The number of esters is 1. The van der Waals surface area contributed by atoms with Crippen molar-refractivity contribution in [2.45, 2.75) is 122 Å². The largest absolute Gasteiger partial charge is 0.504 e. The van der Waals surface area contributed by atoms with E-state index in [9.17, 15) is 20.1 Å². The van der Waals surface area contributed by atoms with Crippen LogP contribution < -0.4 is 0 Å². The van der Waals surface area contributed by atoms with Crippen LogP contribution in [0.15, 0.2) is 12.1 Å². The highest BCUT2D eigenvalue weighted by Crippen LogP contribution is 2.35.